The fraction of sp³-hybridized carbons (Fsp3) is 0.600. The Hall–Kier alpha value is -0.420. The van der Waals surface area contributed by atoms with Crippen molar-refractivity contribution in [3.05, 3.63) is 34.3 Å². The van der Waals surface area contributed by atoms with Crippen LogP contribution in [0.25, 0.3) is 0 Å². The van der Waals surface area contributed by atoms with Crippen LogP contribution in [0.4, 0.5) is 0 Å². The second kappa shape index (κ2) is 6.35. The van der Waals surface area contributed by atoms with E-state index in [1.165, 1.54) is 18.4 Å². The molecule has 104 valence electrons. The standard InChI is InChI=1S/C15H20BrNO2/c16-14-4-2-1-3-13(14)15(9-17-11-5-6-11)19-12-7-8-18-10-12/h1-4,11-12,15,17H,5-10H2. The van der Waals surface area contributed by atoms with E-state index in [0.717, 1.165) is 30.7 Å². The van der Waals surface area contributed by atoms with Gasteiger partial charge in [-0.1, -0.05) is 34.1 Å². The summed E-state index contributed by atoms with van der Waals surface area (Å²) in [7, 11) is 0. The van der Waals surface area contributed by atoms with Crippen molar-refractivity contribution in [2.75, 3.05) is 19.8 Å². The highest BCUT2D eigenvalue weighted by atomic mass is 79.9. The van der Waals surface area contributed by atoms with E-state index in [4.69, 9.17) is 9.47 Å². The van der Waals surface area contributed by atoms with Crippen LogP contribution in [0, 0.1) is 0 Å². The summed E-state index contributed by atoms with van der Waals surface area (Å²) in [6.45, 7) is 2.43. The van der Waals surface area contributed by atoms with E-state index in [1.54, 1.807) is 0 Å². The van der Waals surface area contributed by atoms with Crippen molar-refractivity contribution >= 4 is 15.9 Å². The minimum atomic E-state index is 0.0999. The van der Waals surface area contributed by atoms with Crippen molar-refractivity contribution in [3.8, 4) is 0 Å². The largest absolute Gasteiger partial charge is 0.379 e. The number of hydrogen-bond donors (Lipinski definition) is 1. The van der Waals surface area contributed by atoms with Crippen LogP contribution in [0.2, 0.25) is 0 Å². The molecule has 1 heterocycles. The smallest absolute Gasteiger partial charge is 0.0965 e. The summed E-state index contributed by atoms with van der Waals surface area (Å²) in [5, 5.41) is 3.57. The maximum Gasteiger partial charge on any atom is 0.0965 e. The molecule has 1 aromatic rings. The van der Waals surface area contributed by atoms with Crippen LogP contribution in [0.15, 0.2) is 28.7 Å². The molecule has 2 fully saturated rings. The van der Waals surface area contributed by atoms with Gasteiger partial charge in [0.1, 0.15) is 0 Å². The van der Waals surface area contributed by atoms with Crippen molar-refractivity contribution in [2.45, 2.75) is 37.5 Å². The first-order chi connectivity index (χ1) is 9.33. The minimum Gasteiger partial charge on any atom is -0.379 e. The first kappa shape index (κ1) is 13.6. The van der Waals surface area contributed by atoms with E-state index in [-0.39, 0.29) is 12.2 Å². The molecule has 19 heavy (non-hydrogen) atoms. The Bertz CT molecular complexity index is 416. The second-order valence-electron chi connectivity index (χ2n) is 5.31. The normalized spacial score (nSPS) is 24.6. The molecule has 1 saturated carbocycles. The third-order valence-corrected chi connectivity index (χ3v) is 4.39. The topological polar surface area (TPSA) is 30.5 Å². The summed E-state index contributed by atoms with van der Waals surface area (Å²) in [6, 6.07) is 9.03. The maximum absolute atomic E-state index is 6.24. The maximum atomic E-state index is 6.24. The number of halogens is 1. The average Bonchev–Trinajstić information content (AvgIpc) is 3.11. The number of rotatable bonds is 6. The zero-order chi connectivity index (χ0) is 13.1. The van der Waals surface area contributed by atoms with Crippen molar-refractivity contribution in [3.63, 3.8) is 0 Å². The third kappa shape index (κ3) is 3.78. The summed E-state index contributed by atoms with van der Waals surface area (Å²) >= 11 is 3.63. The second-order valence-corrected chi connectivity index (χ2v) is 6.17. The first-order valence-corrected chi connectivity index (χ1v) is 7.83. The molecule has 4 heteroatoms. The Labute approximate surface area is 122 Å². The van der Waals surface area contributed by atoms with Crippen LogP contribution in [0.1, 0.15) is 30.9 Å². The third-order valence-electron chi connectivity index (χ3n) is 3.67. The molecule has 0 spiro atoms. The molecular weight excluding hydrogens is 306 g/mol. The average molecular weight is 326 g/mol. The van der Waals surface area contributed by atoms with E-state index in [2.05, 4.69) is 39.4 Å². The van der Waals surface area contributed by atoms with Gasteiger partial charge in [-0.2, -0.15) is 0 Å². The predicted molar refractivity (Wildman–Crippen MR) is 78.2 cm³/mol. The zero-order valence-electron chi connectivity index (χ0n) is 11.0. The highest BCUT2D eigenvalue weighted by molar-refractivity contribution is 9.10. The van der Waals surface area contributed by atoms with Crippen LogP contribution in [-0.4, -0.2) is 31.9 Å². The van der Waals surface area contributed by atoms with Gasteiger partial charge < -0.3 is 14.8 Å². The number of hydrogen-bond acceptors (Lipinski definition) is 3. The lowest BCUT2D eigenvalue weighted by atomic mass is 10.1. The van der Waals surface area contributed by atoms with Gasteiger partial charge in [-0.15, -0.1) is 0 Å². The van der Waals surface area contributed by atoms with Crippen LogP contribution in [-0.2, 0) is 9.47 Å². The molecular formula is C15H20BrNO2. The lowest BCUT2D eigenvalue weighted by Gasteiger charge is -2.23. The summed E-state index contributed by atoms with van der Waals surface area (Å²) in [4.78, 5) is 0. The molecule has 3 rings (SSSR count). The number of ether oxygens (including phenoxy) is 2. The fourth-order valence-electron chi connectivity index (χ4n) is 2.38. The molecule has 0 aromatic heterocycles. The minimum absolute atomic E-state index is 0.0999. The molecule has 1 N–H and O–H groups in total. The van der Waals surface area contributed by atoms with Gasteiger partial charge in [-0.25, -0.2) is 0 Å². The van der Waals surface area contributed by atoms with Crippen molar-refractivity contribution < 1.29 is 9.47 Å². The number of benzene rings is 1. The van der Waals surface area contributed by atoms with Gasteiger partial charge in [-0.05, 0) is 30.9 Å². The van der Waals surface area contributed by atoms with Crippen LogP contribution < -0.4 is 5.32 Å². The first-order valence-electron chi connectivity index (χ1n) is 7.04. The van der Waals surface area contributed by atoms with Gasteiger partial charge in [0.25, 0.3) is 0 Å². The molecule has 1 aromatic carbocycles. The van der Waals surface area contributed by atoms with E-state index in [9.17, 15) is 0 Å². The van der Waals surface area contributed by atoms with Crippen LogP contribution in [0.3, 0.4) is 0 Å². The molecule has 0 radical (unpaired) electrons. The summed E-state index contributed by atoms with van der Waals surface area (Å²) in [5.41, 5.74) is 1.22. The SMILES string of the molecule is Brc1ccccc1C(CNC1CC1)OC1CCOC1. The van der Waals surface area contributed by atoms with Crippen molar-refractivity contribution in [1.29, 1.82) is 0 Å². The Morgan fingerprint density at radius 1 is 1.32 bits per heavy atom. The van der Waals surface area contributed by atoms with Crippen molar-refractivity contribution in [2.24, 2.45) is 0 Å². The Morgan fingerprint density at radius 2 is 2.16 bits per heavy atom. The Morgan fingerprint density at radius 3 is 2.84 bits per heavy atom. The quantitative estimate of drug-likeness (QED) is 0.872. The molecule has 1 aliphatic carbocycles. The Kier molecular flexibility index (Phi) is 4.53. The van der Waals surface area contributed by atoms with Gasteiger partial charge >= 0.3 is 0 Å². The summed E-state index contributed by atoms with van der Waals surface area (Å²) in [6.07, 6.45) is 3.94. The van der Waals surface area contributed by atoms with E-state index >= 15 is 0 Å². The van der Waals surface area contributed by atoms with Gasteiger partial charge in [0.05, 0.1) is 18.8 Å². The van der Waals surface area contributed by atoms with Gasteiger partial charge in [-0.3, -0.25) is 0 Å². The summed E-state index contributed by atoms with van der Waals surface area (Å²) in [5.74, 6) is 0. The molecule has 2 unspecified atom stereocenters. The van der Waals surface area contributed by atoms with Crippen LogP contribution >= 0.6 is 15.9 Å². The highest BCUT2D eigenvalue weighted by Crippen LogP contribution is 2.29. The van der Waals surface area contributed by atoms with Gasteiger partial charge in [0.2, 0.25) is 0 Å². The molecule has 1 saturated heterocycles. The number of nitrogens with one attached hydrogen (secondary N) is 1. The zero-order valence-corrected chi connectivity index (χ0v) is 12.6. The molecule has 0 amide bonds. The molecule has 3 nitrogen and oxygen atoms in total. The van der Waals surface area contributed by atoms with E-state index in [0.29, 0.717) is 6.04 Å². The highest BCUT2D eigenvalue weighted by Gasteiger charge is 2.26. The molecule has 2 aliphatic rings. The lowest BCUT2D eigenvalue weighted by molar-refractivity contribution is -0.0169. The van der Waals surface area contributed by atoms with Crippen molar-refractivity contribution in [1.82, 2.24) is 5.32 Å². The van der Waals surface area contributed by atoms with Gasteiger partial charge in [0, 0.05) is 23.7 Å². The Balaban J connectivity index is 1.68. The monoisotopic (exact) mass is 325 g/mol. The van der Waals surface area contributed by atoms with E-state index in [1.807, 2.05) is 6.07 Å². The molecule has 0 bridgehead atoms. The lowest BCUT2D eigenvalue weighted by Crippen LogP contribution is -2.28. The fourth-order valence-corrected chi connectivity index (χ4v) is 2.92. The van der Waals surface area contributed by atoms with Crippen LogP contribution in [0.5, 0.6) is 0 Å². The van der Waals surface area contributed by atoms with E-state index < -0.39 is 0 Å². The predicted octanol–water partition coefficient (Wildman–Crippen LogP) is 3.05. The molecule has 1 aliphatic heterocycles. The molecule has 2 atom stereocenters. The van der Waals surface area contributed by atoms with Gasteiger partial charge in [0.15, 0.2) is 0 Å². The summed E-state index contributed by atoms with van der Waals surface area (Å²) < 4.78 is 12.8.